The van der Waals surface area contributed by atoms with Gasteiger partial charge in [-0.05, 0) is 67.6 Å². The summed E-state index contributed by atoms with van der Waals surface area (Å²) in [6, 6.07) is 0. The lowest BCUT2D eigenvalue weighted by Gasteiger charge is -2.46. The number of rotatable bonds is 1. The first-order valence-electron chi connectivity index (χ1n) is 7.77. The van der Waals surface area contributed by atoms with Gasteiger partial charge in [0.25, 0.3) is 0 Å². The van der Waals surface area contributed by atoms with Crippen LogP contribution in [0.4, 0.5) is 0 Å². The summed E-state index contributed by atoms with van der Waals surface area (Å²) >= 11 is 0. The second-order valence-corrected chi connectivity index (χ2v) is 8.28. The molecule has 2 bridgehead atoms. The van der Waals surface area contributed by atoms with E-state index in [4.69, 9.17) is 0 Å². The normalized spacial score (nSPS) is 53.3. The highest BCUT2D eigenvalue weighted by atomic mass is 16.1. The van der Waals surface area contributed by atoms with E-state index in [1.807, 2.05) is 6.92 Å². The molecule has 18 heavy (non-hydrogen) atoms. The van der Waals surface area contributed by atoms with Gasteiger partial charge in [0.1, 0.15) is 5.78 Å². The fourth-order valence-corrected chi connectivity index (χ4v) is 6.41. The molecule has 102 valence electrons. The molecule has 1 nitrogen and oxygen atoms in total. The van der Waals surface area contributed by atoms with Gasteiger partial charge in [0.05, 0.1) is 0 Å². The van der Waals surface area contributed by atoms with Crippen LogP contribution in [0.15, 0.2) is 0 Å². The zero-order chi connectivity index (χ0) is 13.3. The molecule has 3 fully saturated rings. The Labute approximate surface area is 112 Å². The average molecular weight is 248 g/mol. The first kappa shape index (κ1) is 12.7. The van der Waals surface area contributed by atoms with Crippen molar-refractivity contribution in [3.8, 4) is 0 Å². The molecule has 5 atom stereocenters. The maximum Gasteiger partial charge on any atom is 0.136 e. The fourth-order valence-electron chi connectivity index (χ4n) is 6.41. The third-order valence-electron chi connectivity index (χ3n) is 7.65. The third-order valence-corrected chi connectivity index (χ3v) is 7.65. The van der Waals surface area contributed by atoms with Crippen LogP contribution in [0.5, 0.6) is 0 Å². The van der Waals surface area contributed by atoms with Crippen LogP contribution in [0.2, 0.25) is 0 Å². The largest absolute Gasteiger partial charge is 0.299 e. The molecular formula is C17H28O. The minimum atomic E-state index is -0.0240. The summed E-state index contributed by atoms with van der Waals surface area (Å²) < 4.78 is 0. The van der Waals surface area contributed by atoms with E-state index in [-0.39, 0.29) is 5.41 Å². The summed E-state index contributed by atoms with van der Waals surface area (Å²) in [6.45, 7) is 11.5. The molecule has 0 aromatic carbocycles. The van der Waals surface area contributed by atoms with Gasteiger partial charge in [-0.1, -0.05) is 27.7 Å². The first-order valence-corrected chi connectivity index (χ1v) is 7.77. The van der Waals surface area contributed by atoms with Crippen molar-refractivity contribution in [1.82, 2.24) is 0 Å². The van der Waals surface area contributed by atoms with Crippen molar-refractivity contribution < 1.29 is 4.79 Å². The Bertz CT molecular complexity index is 396. The Hall–Kier alpha value is -0.330. The minimum Gasteiger partial charge on any atom is -0.299 e. The molecule has 1 spiro atoms. The predicted octanol–water partition coefficient (Wildman–Crippen LogP) is 4.45. The number of carbonyl (C=O) groups excluding carboxylic acids is 1. The van der Waals surface area contributed by atoms with E-state index in [1.54, 1.807) is 0 Å². The van der Waals surface area contributed by atoms with Crippen molar-refractivity contribution in [1.29, 1.82) is 0 Å². The molecule has 0 aromatic heterocycles. The lowest BCUT2D eigenvalue weighted by Crippen LogP contribution is -2.44. The smallest absolute Gasteiger partial charge is 0.136 e. The summed E-state index contributed by atoms with van der Waals surface area (Å²) in [5.74, 6) is 2.94. The van der Waals surface area contributed by atoms with Gasteiger partial charge < -0.3 is 0 Å². The molecule has 0 aromatic rings. The summed E-state index contributed by atoms with van der Waals surface area (Å²) in [7, 11) is 0. The van der Waals surface area contributed by atoms with Crippen molar-refractivity contribution >= 4 is 5.78 Å². The van der Waals surface area contributed by atoms with Gasteiger partial charge in [-0.15, -0.1) is 0 Å². The maximum absolute atomic E-state index is 12.3. The molecule has 0 amide bonds. The van der Waals surface area contributed by atoms with Gasteiger partial charge in [-0.25, -0.2) is 0 Å². The van der Waals surface area contributed by atoms with E-state index in [2.05, 4.69) is 27.7 Å². The van der Waals surface area contributed by atoms with Crippen LogP contribution < -0.4 is 0 Å². The maximum atomic E-state index is 12.3. The van der Waals surface area contributed by atoms with Crippen LogP contribution in [0, 0.1) is 34.0 Å². The highest BCUT2D eigenvalue weighted by Gasteiger charge is 2.70. The van der Waals surface area contributed by atoms with Crippen LogP contribution in [0.3, 0.4) is 0 Å². The lowest BCUT2D eigenvalue weighted by molar-refractivity contribution is -0.134. The second-order valence-electron chi connectivity index (χ2n) is 8.28. The summed E-state index contributed by atoms with van der Waals surface area (Å²) in [5.41, 5.74) is 0.770. The zero-order valence-corrected chi connectivity index (χ0v) is 12.7. The second kappa shape index (κ2) is 3.41. The molecule has 3 aliphatic rings. The van der Waals surface area contributed by atoms with Gasteiger partial charge in [-0.2, -0.15) is 0 Å². The molecule has 3 aliphatic carbocycles. The van der Waals surface area contributed by atoms with Gasteiger partial charge in [0.15, 0.2) is 0 Å². The highest BCUT2D eigenvalue weighted by Crippen LogP contribution is 2.76. The van der Waals surface area contributed by atoms with E-state index in [0.29, 0.717) is 16.6 Å². The van der Waals surface area contributed by atoms with Crippen molar-refractivity contribution in [2.24, 2.45) is 34.0 Å². The van der Waals surface area contributed by atoms with E-state index in [0.717, 1.165) is 24.2 Å². The van der Waals surface area contributed by atoms with Gasteiger partial charge >= 0.3 is 0 Å². The first-order chi connectivity index (χ1) is 8.26. The summed E-state index contributed by atoms with van der Waals surface area (Å²) in [4.78, 5) is 12.3. The van der Waals surface area contributed by atoms with Gasteiger partial charge in [-0.3, -0.25) is 4.79 Å². The lowest BCUT2D eigenvalue weighted by atomic mass is 9.57. The van der Waals surface area contributed by atoms with Crippen LogP contribution in [0.1, 0.15) is 66.7 Å². The van der Waals surface area contributed by atoms with Gasteiger partial charge in [0.2, 0.25) is 0 Å². The van der Waals surface area contributed by atoms with Gasteiger partial charge in [0, 0.05) is 5.41 Å². The quantitative estimate of drug-likeness (QED) is 0.670. The Morgan fingerprint density at radius 2 is 1.78 bits per heavy atom. The molecule has 0 saturated heterocycles. The van der Waals surface area contributed by atoms with Crippen LogP contribution in [0.25, 0.3) is 0 Å². The van der Waals surface area contributed by atoms with Crippen molar-refractivity contribution in [3.05, 3.63) is 0 Å². The van der Waals surface area contributed by atoms with Crippen LogP contribution >= 0.6 is 0 Å². The summed E-state index contributed by atoms with van der Waals surface area (Å²) in [5, 5.41) is 0. The molecule has 0 radical (unpaired) electrons. The molecule has 0 unspecified atom stereocenters. The third kappa shape index (κ3) is 1.17. The van der Waals surface area contributed by atoms with E-state index < -0.39 is 0 Å². The van der Waals surface area contributed by atoms with Crippen LogP contribution in [-0.2, 0) is 4.79 Å². The van der Waals surface area contributed by atoms with Crippen molar-refractivity contribution in [2.45, 2.75) is 66.7 Å². The average Bonchev–Trinajstić information content (AvgIpc) is 2.67. The van der Waals surface area contributed by atoms with E-state index >= 15 is 0 Å². The van der Waals surface area contributed by atoms with Crippen LogP contribution in [-0.4, -0.2) is 5.78 Å². The Balaban J connectivity index is 2.11. The molecule has 0 heterocycles. The number of carbonyl (C=O) groups is 1. The monoisotopic (exact) mass is 248 g/mol. The standard InChI is InChI=1S/C17H28O/c1-11-6-9-17-10-13(11)15(3,4)14(17)7-8-16(17,5)12(2)18/h11,13-14H,6-10H2,1-5H3/t11-,13+,14+,16+,17+/m1/s1. The van der Waals surface area contributed by atoms with E-state index in [9.17, 15) is 4.79 Å². The predicted molar refractivity (Wildman–Crippen MR) is 74.2 cm³/mol. The molecule has 3 rings (SSSR count). The van der Waals surface area contributed by atoms with Crippen molar-refractivity contribution in [3.63, 3.8) is 0 Å². The number of hydrogen-bond acceptors (Lipinski definition) is 1. The number of fused-ring (bicyclic) bond motifs is 1. The summed E-state index contributed by atoms with van der Waals surface area (Å²) in [6.07, 6.45) is 6.38. The zero-order valence-electron chi connectivity index (χ0n) is 12.7. The Kier molecular flexibility index (Phi) is 2.40. The fraction of sp³-hybridized carbons (Fsp3) is 0.941. The molecule has 0 N–H and O–H groups in total. The number of hydrogen-bond donors (Lipinski definition) is 0. The topological polar surface area (TPSA) is 17.1 Å². The minimum absolute atomic E-state index is 0.0240. The molecule has 3 saturated carbocycles. The molecule has 1 heteroatoms. The molecular weight excluding hydrogens is 220 g/mol. The Morgan fingerprint density at radius 1 is 1.11 bits per heavy atom. The molecule has 0 aliphatic heterocycles. The number of ketones is 1. The van der Waals surface area contributed by atoms with Crippen molar-refractivity contribution in [2.75, 3.05) is 0 Å². The highest BCUT2D eigenvalue weighted by molar-refractivity contribution is 5.83. The Morgan fingerprint density at radius 3 is 2.39 bits per heavy atom. The number of Topliss-reactive ketones (excluding diaryl/α,β-unsaturated/α-hetero) is 1. The SMILES string of the molecule is CC(=O)[C@]1(C)CC[C@H]2C(C)(C)[C@H]3C[C@@]21CC[C@H]3C. The van der Waals surface area contributed by atoms with E-state index in [1.165, 1.54) is 25.7 Å².